The standard InChI is InChI=1S/C16H25N5/c1-12(2)13-9-14-15(18-6-8-21(14)19-13)20-7-5-16(3,11-20)10-17-4/h6,8-9,12,17H,5,7,10-11H2,1-4H3. The first-order valence-electron chi connectivity index (χ1n) is 7.76. The lowest BCUT2D eigenvalue weighted by Gasteiger charge is -2.24. The van der Waals surface area contributed by atoms with Crippen LogP contribution in [0.15, 0.2) is 18.5 Å². The molecule has 5 nitrogen and oxygen atoms in total. The largest absolute Gasteiger partial charge is 0.354 e. The van der Waals surface area contributed by atoms with Crippen LogP contribution in [-0.2, 0) is 0 Å². The van der Waals surface area contributed by atoms with Crippen LogP contribution >= 0.6 is 0 Å². The maximum Gasteiger partial charge on any atom is 0.154 e. The van der Waals surface area contributed by atoms with Crippen LogP contribution in [0.1, 0.15) is 38.8 Å². The van der Waals surface area contributed by atoms with Crippen molar-refractivity contribution in [3.8, 4) is 0 Å². The van der Waals surface area contributed by atoms with Crippen molar-refractivity contribution in [2.24, 2.45) is 5.41 Å². The Morgan fingerprint density at radius 3 is 2.95 bits per heavy atom. The quantitative estimate of drug-likeness (QED) is 0.937. The SMILES string of the molecule is CNCC1(C)CCN(c2nccn3nc(C(C)C)cc23)C1. The zero-order chi connectivity index (χ0) is 15.0. The second-order valence-electron chi connectivity index (χ2n) is 6.82. The van der Waals surface area contributed by atoms with E-state index in [4.69, 9.17) is 0 Å². The van der Waals surface area contributed by atoms with Gasteiger partial charge in [0.25, 0.3) is 0 Å². The van der Waals surface area contributed by atoms with E-state index in [1.165, 1.54) is 6.42 Å². The van der Waals surface area contributed by atoms with E-state index in [1.807, 2.05) is 24.0 Å². The van der Waals surface area contributed by atoms with Gasteiger partial charge in [-0.1, -0.05) is 20.8 Å². The number of rotatable bonds is 4. The lowest BCUT2D eigenvalue weighted by atomic mass is 9.90. The summed E-state index contributed by atoms with van der Waals surface area (Å²) in [6.07, 6.45) is 4.99. The van der Waals surface area contributed by atoms with E-state index in [0.29, 0.717) is 11.3 Å². The molecule has 0 amide bonds. The van der Waals surface area contributed by atoms with Crippen LogP contribution in [0.2, 0.25) is 0 Å². The van der Waals surface area contributed by atoms with E-state index in [-0.39, 0.29) is 0 Å². The highest BCUT2D eigenvalue weighted by Gasteiger charge is 2.34. The Hall–Kier alpha value is -1.62. The van der Waals surface area contributed by atoms with Gasteiger partial charge in [0.15, 0.2) is 5.82 Å². The van der Waals surface area contributed by atoms with Crippen LogP contribution in [0.25, 0.3) is 5.52 Å². The molecule has 0 saturated carbocycles. The number of hydrogen-bond donors (Lipinski definition) is 1. The molecule has 1 unspecified atom stereocenters. The van der Waals surface area contributed by atoms with Crippen molar-refractivity contribution in [1.29, 1.82) is 0 Å². The van der Waals surface area contributed by atoms with E-state index in [2.05, 4.69) is 47.1 Å². The molecule has 114 valence electrons. The Kier molecular flexibility index (Phi) is 3.61. The minimum absolute atomic E-state index is 0.324. The maximum absolute atomic E-state index is 4.65. The molecule has 5 heteroatoms. The highest BCUT2D eigenvalue weighted by atomic mass is 15.3. The third kappa shape index (κ3) is 2.62. The lowest BCUT2D eigenvalue weighted by Crippen LogP contribution is -2.33. The Bertz CT molecular complexity index is 633. The number of nitrogens with zero attached hydrogens (tertiary/aromatic N) is 4. The van der Waals surface area contributed by atoms with Crippen LogP contribution in [0.3, 0.4) is 0 Å². The van der Waals surface area contributed by atoms with Gasteiger partial charge in [0.1, 0.15) is 5.52 Å². The van der Waals surface area contributed by atoms with Gasteiger partial charge < -0.3 is 10.2 Å². The molecule has 0 bridgehead atoms. The monoisotopic (exact) mass is 287 g/mol. The number of hydrogen-bond acceptors (Lipinski definition) is 4. The zero-order valence-corrected chi connectivity index (χ0v) is 13.4. The molecule has 1 N–H and O–H groups in total. The molecule has 0 spiro atoms. The molecular weight excluding hydrogens is 262 g/mol. The third-order valence-electron chi connectivity index (χ3n) is 4.44. The van der Waals surface area contributed by atoms with Gasteiger partial charge in [-0.2, -0.15) is 5.10 Å². The molecule has 1 aliphatic heterocycles. The highest BCUT2D eigenvalue weighted by Crippen LogP contribution is 2.33. The van der Waals surface area contributed by atoms with Crippen molar-refractivity contribution in [3.05, 3.63) is 24.2 Å². The highest BCUT2D eigenvalue weighted by molar-refractivity contribution is 5.69. The smallest absolute Gasteiger partial charge is 0.154 e. The summed E-state index contributed by atoms with van der Waals surface area (Å²) in [5, 5.41) is 7.97. The van der Waals surface area contributed by atoms with Gasteiger partial charge in [0.2, 0.25) is 0 Å². The third-order valence-corrected chi connectivity index (χ3v) is 4.44. The topological polar surface area (TPSA) is 45.5 Å². The van der Waals surface area contributed by atoms with Crippen molar-refractivity contribution < 1.29 is 0 Å². The van der Waals surface area contributed by atoms with E-state index >= 15 is 0 Å². The molecule has 0 radical (unpaired) electrons. The molecular formula is C16H25N5. The van der Waals surface area contributed by atoms with Gasteiger partial charge in [-0.3, -0.25) is 0 Å². The summed E-state index contributed by atoms with van der Waals surface area (Å²) in [6, 6.07) is 2.18. The molecule has 1 fully saturated rings. The minimum Gasteiger partial charge on any atom is -0.354 e. The Balaban J connectivity index is 1.94. The average molecular weight is 287 g/mol. The van der Waals surface area contributed by atoms with E-state index in [9.17, 15) is 0 Å². The summed E-state index contributed by atoms with van der Waals surface area (Å²) in [6.45, 7) is 9.85. The molecule has 3 heterocycles. The predicted molar refractivity (Wildman–Crippen MR) is 85.9 cm³/mol. The fourth-order valence-corrected chi connectivity index (χ4v) is 3.23. The van der Waals surface area contributed by atoms with Crippen LogP contribution in [-0.4, -0.2) is 41.3 Å². The van der Waals surface area contributed by atoms with Crippen LogP contribution in [0.4, 0.5) is 5.82 Å². The fraction of sp³-hybridized carbons (Fsp3) is 0.625. The van der Waals surface area contributed by atoms with Gasteiger partial charge >= 0.3 is 0 Å². The second kappa shape index (κ2) is 5.30. The first kappa shape index (κ1) is 14.3. The van der Waals surface area contributed by atoms with E-state index in [0.717, 1.165) is 36.7 Å². The summed E-state index contributed by atoms with van der Waals surface area (Å²) in [5.41, 5.74) is 2.57. The average Bonchev–Trinajstić information content (AvgIpc) is 3.02. The van der Waals surface area contributed by atoms with Crippen molar-refractivity contribution in [2.75, 3.05) is 31.6 Å². The molecule has 1 aliphatic rings. The summed E-state index contributed by atoms with van der Waals surface area (Å²) < 4.78 is 1.96. The summed E-state index contributed by atoms with van der Waals surface area (Å²) >= 11 is 0. The van der Waals surface area contributed by atoms with E-state index < -0.39 is 0 Å². The molecule has 3 rings (SSSR count). The molecule has 1 atom stereocenters. The maximum atomic E-state index is 4.65. The molecule has 1 saturated heterocycles. The number of fused-ring (bicyclic) bond motifs is 1. The molecule has 0 aliphatic carbocycles. The summed E-state index contributed by atoms with van der Waals surface area (Å²) in [4.78, 5) is 7.03. The predicted octanol–water partition coefficient (Wildman–Crippen LogP) is 2.29. The zero-order valence-electron chi connectivity index (χ0n) is 13.4. The molecule has 0 aromatic carbocycles. The van der Waals surface area contributed by atoms with Crippen molar-refractivity contribution in [1.82, 2.24) is 19.9 Å². The van der Waals surface area contributed by atoms with Crippen molar-refractivity contribution >= 4 is 11.3 Å². The first-order chi connectivity index (χ1) is 10.0. The van der Waals surface area contributed by atoms with Crippen LogP contribution in [0.5, 0.6) is 0 Å². The second-order valence-corrected chi connectivity index (χ2v) is 6.82. The first-order valence-corrected chi connectivity index (χ1v) is 7.76. The Morgan fingerprint density at radius 1 is 1.43 bits per heavy atom. The van der Waals surface area contributed by atoms with Crippen LogP contribution in [0, 0.1) is 5.41 Å². The molecule has 21 heavy (non-hydrogen) atoms. The number of nitrogens with one attached hydrogen (secondary N) is 1. The Labute approximate surface area is 126 Å². The Morgan fingerprint density at radius 2 is 2.24 bits per heavy atom. The summed E-state index contributed by atoms with van der Waals surface area (Å²) in [7, 11) is 2.03. The molecule has 2 aromatic heterocycles. The molecule has 2 aromatic rings. The lowest BCUT2D eigenvalue weighted by molar-refractivity contribution is 0.356. The van der Waals surface area contributed by atoms with Gasteiger partial charge in [-0.25, -0.2) is 9.50 Å². The van der Waals surface area contributed by atoms with E-state index in [1.54, 1.807) is 0 Å². The minimum atomic E-state index is 0.324. The van der Waals surface area contributed by atoms with Gasteiger partial charge in [-0.05, 0) is 30.9 Å². The number of anilines is 1. The van der Waals surface area contributed by atoms with Gasteiger partial charge in [0, 0.05) is 32.0 Å². The number of aromatic nitrogens is 3. The summed E-state index contributed by atoms with van der Waals surface area (Å²) in [5.74, 6) is 1.50. The van der Waals surface area contributed by atoms with Crippen molar-refractivity contribution in [3.63, 3.8) is 0 Å². The van der Waals surface area contributed by atoms with Crippen LogP contribution < -0.4 is 10.2 Å². The normalized spacial score (nSPS) is 22.6. The van der Waals surface area contributed by atoms with Crippen molar-refractivity contribution in [2.45, 2.75) is 33.1 Å². The van der Waals surface area contributed by atoms with Gasteiger partial charge in [0.05, 0.1) is 5.69 Å². The van der Waals surface area contributed by atoms with Gasteiger partial charge in [-0.15, -0.1) is 0 Å². The fourth-order valence-electron chi connectivity index (χ4n) is 3.23.